The molecule has 3 rings (SSSR count). The van der Waals surface area contributed by atoms with Gasteiger partial charge in [0.1, 0.15) is 0 Å². The van der Waals surface area contributed by atoms with Crippen LogP contribution in [0.1, 0.15) is 17.6 Å². The average Bonchev–Trinajstić information content (AvgIpc) is 2.94. The molecular formula is C14H15BrN2O. The predicted molar refractivity (Wildman–Crippen MR) is 75.9 cm³/mol. The molecule has 0 bridgehead atoms. The fourth-order valence-electron chi connectivity index (χ4n) is 2.69. The lowest BCUT2D eigenvalue weighted by molar-refractivity contribution is 0.0809. The van der Waals surface area contributed by atoms with Crippen LogP contribution in [0, 0.1) is 0 Å². The van der Waals surface area contributed by atoms with E-state index >= 15 is 0 Å². The molecule has 0 radical (unpaired) electrons. The van der Waals surface area contributed by atoms with Gasteiger partial charge in [0, 0.05) is 16.1 Å². The van der Waals surface area contributed by atoms with E-state index in [0.717, 1.165) is 34.8 Å². The van der Waals surface area contributed by atoms with Gasteiger partial charge >= 0.3 is 0 Å². The van der Waals surface area contributed by atoms with Crippen molar-refractivity contribution in [3.8, 4) is 0 Å². The standard InChI is InChI=1S/C14H15BrN2O/c1-16-7-2-3-13(16)14(18)17-8-6-10-9-11(15)4-5-12(10)17/h4-6,8-9,13H,2-3,7H2,1H3. The second kappa shape index (κ2) is 4.52. The summed E-state index contributed by atoms with van der Waals surface area (Å²) in [5, 5.41) is 1.10. The van der Waals surface area contributed by atoms with Crippen LogP contribution in [0.5, 0.6) is 0 Å². The zero-order chi connectivity index (χ0) is 12.7. The first kappa shape index (κ1) is 11.9. The molecule has 2 heterocycles. The summed E-state index contributed by atoms with van der Waals surface area (Å²) in [7, 11) is 2.03. The zero-order valence-corrected chi connectivity index (χ0v) is 11.9. The van der Waals surface area contributed by atoms with Crippen molar-refractivity contribution in [1.29, 1.82) is 0 Å². The van der Waals surface area contributed by atoms with Crippen LogP contribution >= 0.6 is 15.9 Å². The summed E-state index contributed by atoms with van der Waals surface area (Å²) >= 11 is 3.45. The van der Waals surface area contributed by atoms with Crippen LogP contribution in [0.25, 0.3) is 10.9 Å². The average molecular weight is 307 g/mol. The number of carbonyl (C=O) groups is 1. The maximum absolute atomic E-state index is 12.5. The Morgan fingerprint density at radius 2 is 2.22 bits per heavy atom. The van der Waals surface area contributed by atoms with Gasteiger partial charge in [0.05, 0.1) is 11.6 Å². The molecule has 1 saturated heterocycles. The Hall–Kier alpha value is -1.13. The van der Waals surface area contributed by atoms with E-state index in [4.69, 9.17) is 0 Å². The van der Waals surface area contributed by atoms with Gasteiger partial charge in [-0.1, -0.05) is 15.9 Å². The number of nitrogens with zero attached hydrogens (tertiary/aromatic N) is 2. The lowest BCUT2D eigenvalue weighted by Gasteiger charge is -2.18. The normalized spacial score (nSPS) is 20.7. The van der Waals surface area contributed by atoms with Crippen molar-refractivity contribution < 1.29 is 4.79 Å². The number of halogens is 1. The van der Waals surface area contributed by atoms with Crippen molar-refractivity contribution in [2.45, 2.75) is 18.9 Å². The molecule has 18 heavy (non-hydrogen) atoms. The lowest BCUT2D eigenvalue weighted by atomic mass is 10.2. The largest absolute Gasteiger partial charge is 0.295 e. The minimum Gasteiger partial charge on any atom is -0.295 e. The lowest BCUT2D eigenvalue weighted by Crippen LogP contribution is -2.36. The molecule has 0 amide bonds. The summed E-state index contributed by atoms with van der Waals surface area (Å²) in [4.78, 5) is 14.7. The number of hydrogen-bond donors (Lipinski definition) is 0. The molecule has 0 saturated carbocycles. The number of rotatable bonds is 1. The van der Waals surface area contributed by atoms with Gasteiger partial charge in [0.2, 0.25) is 5.91 Å². The van der Waals surface area contributed by atoms with Crippen molar-refractivity contribution in [2.24, 2.45) is 0 Å². The molecule has 1 aromatic carbocycles. The third-order valence-corrected chi connectivity index (χ3v) is 4.19. The third-order valence-electron chi connectivity index (χ3n) is 3.70. The van der Waals surface area contributed by atoms with Crippen molar-refractivity contribution in [3.05, 3.63) is 34.9 Å². The van der Waals surface area contributed by atoms with Crippen molar-refractivity contribution in [3.63, 3.8) is 0 Å². The third kappa shape index (κ3) is 1.89. The van der Waals surface area contributed by atoms with Crippen LogP contribution < -0.4 is 0 Å². The summed E-state index contributed by atoms with van der Waals surface area (Å²) in [6.07, 6.45) is 3.95. The monoisotopic (exact) mass is 306 g/mol. The van der Waals surface area contributed by atoms with Gasteiger partial charge in [-0.2, -0.15) is 0 Å². The van der Waals surface area contributed by atoms with E-state index < -0.39 is 0 Å². The summed E-state index contributed by atoms with van der Waals surface area (Å²) in [6, 6.07) is 8.03. The Bertz CT molecular complexity index is 605. The number of carbonyl (C=O) groups excluding carboxylic acids is 1. The topological polar surface area (TPSA) is 25.2 Å². The molecule has 0 spiro atoms. The van der Waals surface area contributed by atoms with Gasteiger partial charge < -0.3 is 0 Å². The molecule has 4 heteroatoms. The Balaban J connectivity index is 2.01. The maximum Gasteiger partial charge on any atom is 0.248 e. The first-order valence-corrected chi connectivity index (χ1v) is 6.97. The molecule has 1 fully saturated rings. The Labute approximate surface area is 115 Å². The van der Waals surface area contributed by atoms with E-state index in [1.54, 1.807) is 4.57 Å². The van der Waals surface area contributed by atoms with E-state index in [2.05, 4.69) is 20.8 Å². The zero-order valence-electron chi connectivity index (χ0n) is 10.3. The highest BCUT2D eigenvalue weighted by Gasteiger charge is 2.29. The number of aromatic nitrogens is 1. The summed E-state index contributed by atoms with van der Waals surface area (Å²) in [5.74, 6) is 0.187. The molecule has 3 nitrogen and oxygen atoms in total. The van der Waals surface area contributed by atoms with Crippen LogP contribution in [0.4, 0.5) is 0 Å². The molecule has 94 valence electrons. The molecule has 1 unspecified atom stereocenters. The minimum absolute atomic E-state index is 0.0317. The molecule has 2 aromatic rings. The first-order chi connectivity index (χ1) is 8.66. The molecule has 0 N–H and O–H groups in total. The summed E-state index contributed by atoms with van der Waals surface area (Å²) < 4.78 is 2.83. The van der Waals surface area contributed by atoms with Crippen molar-refractivity contribution in [1.82, 2.24) is 9.47 Å². The first-order valence-electron chi connectivity index (χ1n) is 6.18. The van der Waals surface area contributed by atoms with Gasteiger partial charge in [0.25, 0.3) is 0 Å². The fraction of sp³-hybridized carbons (Fsp3) is 0.357. The van der Waals surface area contributed by atoms with Gasteiger partial charge in [-0.05, 0) is 50.7 Å². The summed E-state index contributed by atoms with van der Waals surface area (Å²) in [6.45, 7) is 1.02. The van der Waals surface area contributed by atoms with Crippen LogP contribution in [0.15, 0.2) is 34.9 Å². The van der Waals surface area contributed by atoms with Crippen molar-refractivity contribution >= 4 is 32.7 Å². The van der Waals surface area contributed by atoms with Gasteiger partial charge in [-0.15, -0.1) is 0 Å². The quantitative estimate of drug-likeness (QED) is 0.809. The highest BCUT2D eigenvalue weighted by atomic mass is 79.9. The van der Waals surface area contributed by atoms with E-state index in [1.165, 1.54) is 0 Å². The molecule has 1 atom stereocenters. The fourth-order valence-corrected chi connectivity index (χ4v) is 3.07. The van der Waals surface area contributed by atoms with Gasteiger partial charge in [-0.3, -0.25) is 14.3 Å². The Morgan fingerprint density at radius 3 is 2.94 bits per heavy atom. The van der Waals surface area contributed by atoms with E-state index in [0.29, 0.717) is 0 Å². The number of likely N-dealkylation sites (tertiary alicyclic amines) is 1. The molecule has 1 aliphatic rings. The van der Waals surface area contributed by atoms with Crippen molar-refractivity contribution in [2.75, 3.05) is 13.6 Å². The van der Waals surface area contributed by atoms with Crippen LogP contribution in [0.2, 0.25) is 0 Å². The Morgan fingerprint density at radius 1 is 1.39 bits per heavy atom. The van der Waals surface area contributed by atoms with Gasteiger partial charge in [0.15, 0.2) is 0 Å². The number of fused-ring (bicyclic) bond motifs is 1. The predicted octanol–water partition coefficient (Wildman–Crippen LogP) is 3.14. The smallest absolute Gasteiger partial charge is 0.248 e. The molecule has 0 aliphatic carbocycles. The molecule has 1 aromatic heterocycles. The Kier molecular flexibility index (Phi) is 2.99. The molecular weight excluding hydrogens is 292 g/mol. The minimum atomic E-state index is 0.0317. The van der Waals surface area contributed by atoms with E-state index in [1.807, 2.05) is 37.5 Å². The molecule has 1 aliphatic heterocycles. The maximum atomic E-state index is 12.5. The second-order valence-corrected chi connectivity index (χ2v) is 5.78. The van der Waals surface area contributed by atoms with Crippen LogP contribution in [-0.2, 0) is 0 Å². The van der Waals surface area contributed by atoms with E-state index in [-0.39, 0.29) is 11.9 Å². The van der Waals surface area contributed by atoms with Gasteiger partial charge in [-0.25, -0.2) is 0 Å². The van der Waals surface area contributed by atoms with Crippen LogP contribution in [0.3, 0.4) is 0 Å². The van der Waals surface area contributed by atoms with Crippen LogP contribution in [-0.4, -0.2) is 35.0 Å². The number of benzene rings is 1. The van der Waals surface area contributed by atoms with E-state index in [9.17, 15) is 4.79 Å². The SMILES string of the molecule is CN1CCCC1C(=O)n1ccc2cc(Br)ccc21. The number of hydrogen-bond acceptors (Lipinski definition) is 2. The number of likely N-dealkylation sites (N-methyl/N-ethyl adjacent to an activating group) is 1. The summed E-state index contributed by atoms with van der Waals surface area (Å²) in [5.41, 5.74) is 0.989. The highest BCUT2D eigenvalue weighted by molar-refractivity contribution is 9.10. The second-order valence-electron chi connectivity index (χ2n) is 4.87. The highest BCUT2D eigenvalue weighted by Crippen LogP contribution is 2.23.